The Labute approximate surface area is 183 Å². The van der Waals surface area contributed by atoms with Crippen LogP contribution in [0.4, 0.5) is 11.4 Å². The van der Waals surface area contributed by atoms with E-state index in [0.717, 1.165) is 16.8 Å². The fraction of sp³-hybridized carbons (Fsp3) is 0.391. The minimum absolute atomic E-state index is 0.0260. The van der Waals surface area contributed by atoms with Crippen molar-refractivity contribution in [3.8, 4) is 0 Å². The molecule has 0 aliphatic carbocycles. The molecule has 0 saturated carbocycles. The van der Waals surface area contributed by atoms with E-state index in [-0.39, 0.29) is 22.8 Å². The van der Waals surface area contributed by atoms with Gasteiger partial charge in [0.25, 0.3) is 0 Å². The standard InChI is InChI=1S/C23H29N3O4S/c1-14(2)22(23(28)24-19-8-6-7-15(3)11-19)25-31(29,30)20-9-10-21-18(13-20)12-16(4)26(21)17(5)27/h6-11,13-14,16,22,25H,12H2,1-5H3,(H,24,28). The molecule has 3 rings (SSSR count). The molecule has 1 aliphatic rings. The van der Waals surface area contributed by atoms with E-state index in [1.54, 1.807) is 36.9 Å². The monoisotopic (exact) mass is 443 g/mol. The van der Waals surface area contributed by atoms with E-state index in [0.29, 0.717) is 12.1 Å². The summed E-state index contributed by atoms with van der Waals surface area (Å²) in [6.45, 7) is 8.92. The van der Waals surface area contributed by atoms with Gasteiger partial charge in [0, 0.05) is 24.3 Å². The van der Waals surface area contributed by atoms with Gasteiger partial charge in [0.15, 0.2) is 0 Å². The van der Waals surface area contributed by atoms with Crippen molar-refractivity contribution in [3.63, 3.8) is 0 Å². The maximum atomic E-state index is 13.1. The molecule has 2 unspecified atom stereocenters. The topological polar surface area (TPSA) is 95.6 Å². The summed E-state index contributed by atoms with van der Waals surface area (Å²) in [5, 5.41) is 2.79. The number of hydrogen-bond acceptors (Lipinski definition) is 4. The summed E-state index contributed by atoms with van der Waals surface area (Å²) in [7, 11) is -3.94. The van der Waals surface area contributed by atoms with Crippen molar-refractivity contribution in [2.45, 2.75) is 58.0 Å². The maximum absolute atomic E-state index is 13.1. The molecule has 1 aliphatic heterocycles. The highest BCUT2D eigenvalue weighted by atomic mass is 32.2. The summed E-state index contributed by atoms with van der Waals surface area (Å²) < 4.78 is 28.7. The van der Waals surface area contributed by atoms with Crippen molar-refractivity contribution in [1.29, 1.82) is 0 Å². The molecule has 0 radical (unpaired) electrons. The SMILES string of the molecule is CC(=O)N1c2ccc(S(=O)(=O)NC(C(=O)Nc3cccc(C)c3)C(C)C)cc2CC1C. The van der Waals surface area contributed by atoms with Crippen LogP contribution in [0, 0.1) is 12.8 Å². The number of fused-ring (bicyclic) bond motifs is 1. The van der Waals surface area contributed by atoms with Crippen LogP contribution in [0.5, 0.6) is 0 Å². The van der Waals surface area contributed by atoms with Crippen molar-refractivity contribution in [3.05, 3.63) is 53.6 Å². The molecule has 2 aromatic rings. The normalized spacial score (nSPS) is 16.8. The van der Waals surface area contributed by atoms with E-state index in [2.05, 4.69) is 10.0 Å². The molecule has 0 fully saturated rings. The van der Waals surface area contributed by atoms with Gasteiger partial charge in [0.1, 0.15) is 6.04 Å². The van der Waals surface area contributed by atoms with Crippen LogP contribution in [-0.2, 0) is 26.0 Å². The summed E-state index contributed by atoms with van der Waals surface area (Å²) in [4.78, 5) is 26.5. The summed E-state index contributed by atoms with van der Waals surface area (Å²) in [6, 6.07) is 11.1. The van der Waals surface area contributed by atoms with E-state index in [1.807, 2.05) is 32.0 Å². The Morgan fingerprint density at radius 3 is 2.45 bits per heavy atom. The molecule has 0 spiro atoms. The minimum Gasteiger partial charge on any atom is -0.325 e. The first-order valence-corrected chi connectivity index (χ1v) is 11.8. The lowest BCUT2D eigenvalue weighted by molar-refractivity contribution is -0.118. The van der Waals surface area contributed by atoms with Crippen LogP contribution in [0.2, 0.25) is 0 Å². The Balaban J connectivity index is 1.83. The Morgan fingerprint density at radius 1 is 1.13 bits per heavy atom. The van der Waals surface area contributed by atoms with E-state index in [4.69, 9.17) is 0 Å². The summed E-state index contributed by atoms with van der Waals surface area (Å²) >= 11 is 0. The second-order valence-corrected chi connectivity index (χ2v) is 10.1. The van der Waals surface area contributed by atoms with Crippen LogP contribution in [0.15, 0.2) is 47.4 Å². The Bertz CT molecular complexity index is 1110. The van der Waals surface area contributed by atoms with Gasteiger partial charge in [0.05, 0.1) is 4.90 Å². The van der Waals surface area contributed by atoms with Gasteiger partial charge in [-0.05, 0) is 67.6 Å². The molecule has 0 aromatic heterocycles. The fourth-order valence-electron chi connectivity index (χ4n) is 3.92. The third-order valence-electron chi connectivity index (χ3n) is 5.43. The van der Waals surface area contributed by atoms with Crippen molar-refractivity contribution in [2.24, 2.45) is 5.92 Å². The molecule has 31 heavy (non-hydrogen) atoms. The Kier molecular flexibility index (Phi) is 6.52. The van der Waals surface area contributed by atoms with Crippen LogP contribution >= 0.6 is 0 Å². The average molecular weight is 444 g/mol. The number of carbonyl (C=O) groups is 2. The molecular weight excluding hydrogens is 414 g/mol. The average Bonchev–Trinajstić information content (AvgIpc) is 3.00. The van der Waals surface area contributed by atoms with Gasteiger partial charge in [0.2, 0.25) is 21.8 Å². The molecule has 8 heteroatoms. The van der Waals surface area contributed by atoms with Gasteiger partial charge in [-0.2, -0.15) is 4.72 Å². The third-order valence-corrected chi connectivity index (χ3v) is 6.87. The lowest BCUT2D eigenvalue weighted by Crippen LogP contribution is -2.47. The van der Waals surface area contributed by atoms with Crippen LogP contribution in [0.1, 0.15) is 38.8 Å². The zero-order valence-corrected chi connectivity index (χ0v) is 19.3. The van der Waals surface area contributed by atoms with Crippen LogP contribution < -0.4 is 14.9 Å². The van der Waals surface area contributed by atoms with Crippen LogP contribution in [0.3, 0.4) is 0 Å². The number of aryl methyl sites for hydroxylation is 1. The van der Waals surface area contributed by atoms with Crippen molar-refractivity contribution in [2.75, 3.05) is 10.2 Å². The van der Waals surface area contributed by atoms with Gasteiger partial charge in [-0.15, -0.1) is 0 Å². The zero-order chi connectivity index (χ0) is 22.9. The highest BCUT2D eigenvalue weighted by Crippen LogP contribution is 2.34. The number of hydrogen-bond donors (Lipinski definition) is 2. The molecule has 2 atom stereocenters. The molecule has 1 heterocycles. The zero-order valence-electron chi connectivity index (χ0n) is 18.5. The van der Waals surface area contributed by atoms with Gasteiger partial charge in [-0.25, -0.2) is 8.42 Å². The van der Waals surface area contributed by atoms with Gasteiger partial charge < -0.3 is 10.2 Å². The lowest BCUT2D eigenvalue weighted by Gasteiger charge is -2.22. The first-order chi connectivity index (χ1) is 14.5. The second kappa shape index (κ2) is 8.80. The number of amides is 2. The van der Waals surface area contributed by atoms with E-state index in [1.165, 1.54) is 13.0 Å². The number of anilines is 2. The predicted octanol–water partition coefficient (Wildman–Crippen LogP) is 3.23. The summed E-state index contributed by atoms with van der Waals surface area (Å²) in [6.07, 6.45) is 0.583. The molecule has 2 aromatic carbocycles. The van der Waals surface area contributed by atoms with E-state index >= 15 is 0 Å². The molecule has 166 valence electrons. The Hall–Kier alpha value is -2.71. The molecule has 2 amide bonds. The first-order valence-electron chi connectivity index (χ1n) is 10.3. The largest absolute Gasteiger partial charge is 0.325 e. The second-order valence-electron chi connectivity index (χ2n) is 8.43. The number of nitrogens with zero attached hydrogens (tertiary/aromatic N) is 1. The van der Waals surface area contributed by atoms with Crippen molar-refractivity contribution < 1.29 is 18.0 Å². The molecular formula is C23H29N3O4S. The number of sulfonamides is 1. The summed E-state index contributed by atoms with van der Waals surface area (Å²) in [5.41, 5.74) is 3.14. The number of carbonyl (C=O) groups excluding carboxylic acids is 2. The predicted molar refractivity (Wildman–Crippen MR) is 122 cm³/mol. The lowest BCUT2D eigenvalue weighted by atomic mass is 10.0. The first kappa shape index (κ1) is 23.0. The minimum atomic E-state index is -3.94. The van der Waals surface area contributed by atoms with Gasteiger partial charge >= 0.3 is 0 Å². The highest BCUT2D eigenvalue weighted by Gasteiger charge is 2.32. The molecule has 0 saturated heterocycles. The quantitative estimate of drug-likeness (QED) is 0.716. The van der Waals surface area contributed by atoms with Gasteiger partial charge in [-0.3, -0.25) is 9.59 Å². The Morgan fingerprint density at radius 2 is 1.84 bits per heavy atom. The molecule has 2 N–H and O–H groups in total. The fourth-order valence-corrected chi connectivity index (χ4v) is 5.32. The highest BCUT2D eigenvalue weighted by molar-refractivity contribution is 7.89. The van der Waals surface area contributed by atoms with Crippen molar-refractivity contribution >= 4 is 33.2 Å². The van der Waals surface area contributed by atoms with E-state index < -0.39 is 22.0 Å². The van der Waals surface area contributed by atoms with Gasteiger partial charge in [-0.1, -0.05) is 26.0 Å². The van der Waals surface area contributed by atoms with Crippen LogP contribution in [0.25, 0.3) is 0 Å². The van der Waals surface area contributed by atoms with E-state index in [9.17, 15) is 18.0 Å². The third kappa shape index (κ3) is 4.97. The van der Waals surface area contributed by atoms with Crippen LogP contribution in [-0.4, -0.2) is 32.3 Å². The number of benzene rings is 2. The van der Waals surface area contributed by atoms with Crippen molar-refractivity contribution in [1.82, 2.24) is 4.72 Å². The molecule has 7 nitrogen and oxygen atoms in total. The maximum Gasteiger partial charge on any atom is 0.242 e. The number of nitrogens with one attached hydrogen (secondary N) is 2. The summed E-state index contributed by atoms with van der Waals surface area (Å²) in [5.74, 6) is -0.753. The molecule has 0 bridgehead atoms. The number of rotatable bonds is 6. The smallest absolute Gasteiger partial charge is 0.242 e.